The van der Waals surface area contributed by atoms with Crippen LogP contribution in [0.2, 0.25) is 5.02 Å². The van der Waals surface area contributed by atoms with Gasteiger partial charge < -0.3 is 5.73 Å². The number of hydrogen-bond acceptors (Lipinski definition) is 3. The van der Waals surface area contributed by atoms with Crippen LogP contribution in [0.25, 0.3) is 33.2 Å². The lowest BCUT2D eigenvalue weighted by molar-refractivity contribution is 1.15. The lowest BCUT2D eigenvalue weighted by atomic mass is 9.96. The summed E-state index contributed by atoms with van der Waals surface area (Å²) < 4.78 is 0.709. The lowest BCUT2D eigenvalue weighted by Gasteiger charge is -2.12. The van der Waals surface area contributed by atoms with Crippen molar-refractivity contribution in [3.05, 3.63) is 75.7 Å². The number of anilines is 1. The first-order chi connectivity index (χ1) is 12.1. The molecule has 1 aromatic heterocycles. The molecule has 0 atom stereocenters. The quantitative estimate of drug-likeness (QED) is 0.235. The van der Waals surface area contributed by atoms with Crippen LogP contribution in [0, 0.1) is 3.83 Å². The Labute approximate surface area is 164 Å². The second kappa shape index (κ2) is 6.61. The van der Waals surface area contributed by atoms with Crippen molar-refractivity contribution in [1.82, 2.24) is 9.97 Å². The summed E-state index contributed by atoms with van der Waals surface area (Å²) in [5, 5.41) is 1.68. The number of nitrogens with two attached hydrogens (primary N) is 1. The summed E-state index contributed by atoms with van der Waals surface area (Å²) in [5.41, 5.74) is 11.7. The molecule has 0 amide bonds. The SMILES string of the molecule is Nc1cccc(-c2cc(-c3ccccc3Cl)cc3cnc(I)nc23)c1. The van der Waals surface area contributed by atoms with Crippen LogP contribution in [-0.4, -0.2) is 9.97 Å². The van der Waals surface area contributed by atoms with Gasteiger partial charge in [0, 0.05) is 56.0 Å². The third kappa shape index (κ3) is 3.19. The van der Waals surface area contributed by atoms with Crippen LogP contribution in [0.1, 0.15) is 0 Å². The Kier molecular flexibility index (Phi) is 4.31. The van der Waals surface area contributed by atoms with Crippen LogP contribution in [0.15, 0.2) is 66.9 Å². The van der Waals surface area contributed by atoms with Crippen LogP contribution < -0.4 is 5.73 Å². The van der Waals surface area contributed by atoms with E-state index in [0.29, 0.717) is 8.85 Å². The van der Waals surface area contributed by atoms with Crippen molar-refractivity contribution >= 4 is 50.8 Å². The maximum Gasteiger partial charge on any atom is 0.191 e. The van der Waals surface area contributed by atoms with Gasteiger partial charge in [-0.15, -0.1) is 0 Å². The second-order valence-corrected chi connectivity index (χ2v) is 7.08. The number of fused-ring (bicyclic) bond motifs is 1. The van der Waals surface area contributed by atoms with E-state index >= 15 is 0 Å². The van der Waals surface area contributed by atoms with Crippen molar-refractivity contribution in [2.75, 3.05) is 5.73 Å². The van der Waals surface area contributed by atoms with Gasteiger partial charge in [-0.3, -0.25) is 0 Å². The van der Waals surface area contributed by atoms with Gasteiger partial charge in [-0.2, -0.15) is 0 Å². The fraction of sp³-hybridized carbons (Fsp3) is 0. The summed E-state index contributed by atoms with van der Waals surface area (Å²) in [6.07, 6.45) is 1.85. The number of rotatable bonds is 2. The predicted molar refractivity (Wildman–Crippen MR) is 113 cm³/mol. The lowest BCUT2D eigenvalue weighted by Crippen LogP contribution is -1.93. The van der Waals surface area contributed by atoms with Gasteiger partial charge in [0.15, 0.2) is 3.83 Å². The van der Waals surface area contributed by atoms with Gasteiger partial charge in [-0.05, 0) is 41.5 Å². The molecule has 0 saturated heterocycles. The van der Waals surface area contributed by atoms with E-state index < -0.39 is 0 Å². The third-order valence-electron chi connectivity index (χ3n) is 4.04. The van der Waals surface area contributed by atoms with E-state index in [1.807, 2.05) is 54.7 Å². The molecular formula is C20H13ClIN3. The molecule has 2 N–H and O–H groups in total. The maximum absolute atomic E-state index is 6.41. The highest BCUT2D eigenvalue weighted by molar-refractivity contribution is 14.1. The third-order valence-corrected chi connectivity index (χ3v) is 4.89. The van der Waals surface area contributed by atoms with Crippen LogP contribution >= 0.6 is 34.2 Å². The van der Waals surface area contributed by atoms with Gasteiger partial charge in [0.2, 0.25) is 0 Å². The Balaban J connectivity index is 2.05. The molecule has 4 rings (SSSR count). The van der Waals surface area contributed by atoms with E-state index in [0.717, 1.165) is 38.8 Å². The zero-order chi connectivity index (χ0) is 17.4. The van der Waals surface area contributed by atoms with Gasteiger partial charge in [0.05, 0.1) is 5.52 Å². The molecule has 3 nitrogen and oxygen atoms in total. The second-order valence-electron chi connectivity index (χ2n) is 5.71. The first-order valence-electron chi connectivity index (χ1n) is 7.69. The standard InChI is InChI=1S/C20H13ClIN3/c21-18-7-2-1-6-16(18)13-8-14-11-24-20(22)25-19(14)17(10-13)12-4-3-5-15(23)9-12/h1-11H,23H2. The highest BCUT2D eigenvalue weighted by Gasteiger charge is 2.12. The van der Waals surface area contributed by atoms with Gasteiger partial charge in [0.1, 0.15) is 0 Å². The van der Waals surface area contributed by atoms with E-state index in [1.165, 1.54) is 0 Å². The van der Waals surface area contributed by atoms with Crippen LogP contribution in [-0.2, 0) is 0 Å². The topological polar surface area (TPSA) is 51.8 Å². The summed E-state index contributed by atoms with van der Waals surface area (Å²) in [5.74, 6) is 0. The monoisotopic (exact) mass is 457 g/mol. The molecular weight excluding hydrogens is 445 g/mol. The molecule has 0 aliphatic heterocycles. The first kappa shape index (κ1) is 16.3. The molecule has 0 aliphatic rings. The Morgan fingerprint density at radius 2 is 1.72 bits per heavy atom. The Bertz CT molecular complexity index is 1100. The molecule has 25 heavy (non-hydrogen) atoms. The minimum atomic E-state index is 0.709. The van der Waals surface area contributed by atoms with Crippen LogP contribution in [0.4, 0.5) is 5.69 Å². The van der Waals surface area contributed by atoms with Crippen molar-refractivity contribution in [1.29, 1.82) is 0 Å². The minimum Gasteiger partial charge on any atom is -0.399 e. The fourth-order valence-corrected chi connectivity index (χ4v) is 3.53. The average Bonchev–Trinajstić information content (AvgIpc) is 2.61. The molecule has 0 unspecified atom stereocenters. The highest BCUT2D eigenvalue weighted by atomic mass is 127. The first-order valence-corrected chi connectivity index (χ1v) is 9.14. The highest BCUT2D eigenvalue weighted by Crippen LogP contribution is 2.36. The summed E-state index contributed by atoms with van der Waals surface area (Å²) in [6, 6.07) is 19.8. The van der Waals surface area contributed by atoms with Gasteiger partial charge in [-0.25, -0.2) is 9.97 Å². The molecule has 0 saturated carbocycles. The number of aromatic nitrogens is 2. The molecule has 1 heterocycles. The predicted octanol–water partition coefficient (Wildman–Crippen LogP) is 5.80. The summed E-state index contributed by atoms with van der Waals surface area (Å²) >= 11 is 8.53. The number of halogens is 2. The van der Waals surface area contributed by atoms with Gasteiger partial charge in [-0.1, -0.05) is 41.9 Å². The summed E-state index contributed by atoms with van der Waals surface area (Å²) in [7, 11) is 0. The molecule has 0 fully saturated rings. The molecule has 0 radical (unpaired) electrons. The smallest absolute Gasteiger partial charge is 0.191 e. The zero-order valence-electron chi connectivity index (χ0n) is 13.1. The maximum atomic E-state index is 6.41. The van der Waals surface area contributed by atoms with Crippen molar-refractivity contribution in [2.45, 2.75) is 0 Å². The zero-order valence-corrected chi connectivity index (χ0v) is 16.0. The number of nitrogens with zero attached hydrogens (tertiary/aromatic N) is 2. The summed E-state index contributed by atoms with van der Waals surface area (Å²) in [4.78, 5) is 8.98. The Morgan fingerprint density at radius 1 is 0.880 bits per heavy atom. The minimum absolute atomic E-state index is 0.709. The summed E-state index contributed by atoms with van der Waals surface area (Å²) in [6.45, 7) is 0. The molecule has 4 aromatic rings. The molecule has 0 bridgehead atoms. The normalized spacial score (nSPS) is 11.0. The van der Waals surface area contributed by atoms with E-state index in [9.17, 15) is 0 Å². The molecule has 0 spiro atoms. The van der Waals surface area contributed by atoms with Crippen LogP contribution in [0.3, 0.4) is 0 Å². The van der Waals surface area contributed by atoms with E-state index in [2.05, 4.69) is 44.7 Å². The van der Waals surface area contributed by atoms with Gasteiger partial charge in [0.25, 0.3) is 0 Å². The largest absolute Gasteiger partial charge is 0.399 e. The number of hydrogen-bond donors (Lipinski definition) is 1. The molecule has 3 aromatic carbocycles. The molecule has 122 valence electrons. The van der Waals surface area contributed by atoms with Gasteiger partial charge >= 0.3 is 0 Å². The van der Waals surface area contributed by atoms with E-state index in [-0.39, 0.29) is 0 Å². The molecule has 5 heteroatoms. The molecule has 0 aliphatic carbocycles. The van der Waals surface area contributed by atoms with Crippen molar-refractivity contribution in [3.8, 4) is 22.3 Å². The number of benzene rings is 3. The van der Waals surface area contributed by atoms with Crippen molar-refractivity contribution < 1.29 is 0 Å². The van der Waals surface area contributed by atoms with E-state index in [4.69, 9.17) is 17.3 Å². The Hall–Kier alpha value is -2.18. The average molecular weight is 458 g/mol. The fourth-order valence-electron chi connectivity index (χ4n) is 2.90. The van der Waals surface area contributed by atoms with Crippen LogP contribution in [0.5, 0.6) is 0 Å². The van der Waals surface area contributed by atoms with E-state index in [1.54, 1.807) is 0 Å². The van der Waals surface area contributed by atoms with Crippen molar-refractivity contribution in [3.63, 3.8) is 0 Å². The Morgan fingerprint density at radius 3 is 2.52 bits per heavy atom. The van der Waals surface area contributed by atoms with Crippen molar-refractivity contribution in [2.24, 2.45) is 0 Å². The number of nitrogen functional groups attached to an aromatic ring is 1.